The second kappa shape index (κ2) is 4.03. The van der Waals surface area contributed by atoms with Crippen molar-refractivity contribution in [3.63, 3.8) is 0 Å². The lowest BCUT2D eigenvalue weighted by molar-refractivity contribution is 1.68. The summed E-state index contributed by atoms with van der Waals surface area (Å²) in [5.74, 6) is 0. The summed E-state index contributed by atoms with van der Waals surface area (Å²) >= 11 is 16.2. The fourth-order valence-electron chi connectivity index (χ4n) is 0.827. The van der Waals surface area contributed by atoms with Crippen LogP contribution in [0.3, 0.4) is 0 Å². The molecule has 0 unspecified atom stereocenters. The molecule has 0 aliphatic heterocycles. The van der Waals surface area contributed by atoms with Crippen molar-refractivity contribution in [3.05, 3.63) is 30.3 Å². The van der Waals surface area contributed by atoms with Crippen molar-refractivity contribution in [2.45, 2.75) is 2.65 Å². The quantitative estimate of drug-likeness (QED) is 0.505. The molecule has 0 saturated carbocycles. The second-order valence-corrected chi connectivity index (χ2v) is 8.37. The van der Waals surface area contributed by atoms with Gasteiger partial charge in [0.15, 0.2) is 0 Å². The molecule has 11 heavy (non-hydrogen) atoms. The number of hydrogen-bond acceptors (Lipinski definition) is 0. The highest BCUT2D eigenvalue weighted by atomic mass is 35.6. The Morgan fingerprint density at radius 3 is 2.00 bits per heavy atom. The first-order valence-corrected chi connectivity index (χ1v) is 5.73. The summed E-state index contributed by atoms with van der Waals surface area (Å²) in [5, 5.41) is 0. The molecule has 1 rings (SSSR count). The van der Waals surface area contributed by atoms with E-state index < -0.39 is 17.9 Å². The maximum Gasteiger partial charge on any atom is 0.360 e. The first-order valence-electron chi connectivity index (χ1n) is 3.18. The van der Waals surface area contributed by atoms with Crippen LogP contribution in [0, 0.1) is 0 Å². The summed E-state index contributed by atoms with van der Waals surface area (Å²) in [6, 6.07) is 9.86. The Morgan fingerprint density at radius 1 is 1.00 bits per heavy atom. The number of hydrogen-bond donors (Lipinski definition) is 0. The van der Waals surface area contributed by atoms with E-state index in [-0.39, 0.29) is 0 Å². The molecule has 4 heteroatoms. The lowest BCUT2D eigenvalue weighted by atomic mass is 10.4. The number of benzene rings is 1. The lowest BCUT2D eigenvalue weighted by Crippen LogP contribution is -2.26. The summed E-state index contributed by atoms with van der Waals surface area (Å²) in [4.78, 5) is 0. The smallest absolute Gasteiger partial charge is 0.109 e. The highest BCUT2D eigenvalue weighted by Gasteiger charge is 2.23. The summed E-state index contributed by atoms with van der Waals surface area (Å²) in [7, 11) is 0. The van der Waals surface area contributed by atoms with Gasteiger partial charge in [0.05, 0.1) is 0 Å². The molecule has 0 N–H and O–H groups in total. The normalized spacial score (nSPS) is 11.2. The third-order valence-corrected chi connectivity index (χ3v) is 3.73. The minimum absolute atomic E-state index is 0.777. The maximum atomic E-state index is 5.66. The van der Waals surface area contributed by atoms with Gasteiger partial charge in [0.1, 0.15) is 2.65 Å². The predicted octanol–water partition coefficient (Wildman–Crippen LogP) is 2.08. The molecule has 0 fully saturated rings. The fourth-order valence-corrected chi connectivity index (χ4v) is 3.19. The van der Waals surface area contributed by atoms with E-state index in [0.717, 1.165) is 0 Å². The molecule has 0 bridgehead atoms. The Kier molecular flexibility index (Phi) is 3.56. The summed E-state index contributed by atoms with van der Waals surface area (Å²) in [5.41, 5.74) is 0. The first-order chi connectivity index (χ1) is 5.08. The zero-order chi connectivity index (χ0) is 8.32. The summed E-state index contributed by atoms with van der Waals surface area (Å²) in [6.45, 7) is 0. The van der Waals surface area contributed by atoms with Gasteiger partial charge < -0.3 is 0 Å². The molecule has 0 spiro atoms. The summed E-state index contributed by atoms with van der Waals surface area (Å²) < 4.78 is 0.133. The van der Waals surface area contributed by atoms with E-state index in [1.165, 1.54) is 4.43 Å². The van der Waals surface area contributed by atoms with Crippen LogP contribution in [0.2, 0.25) is 0 Å². The van der Waals surface area contributed by atoms with Crippen LogP contribution in [0.4, 0.5) is 0 Å². The second-order valence-electron chi connectivity index (χ2n) is 2.28. The van der Waals surface area contributed by atoms with E-state index in [1.807, 2.05) is 30.3 Å². The molecule has 0 radical (unpaired) electrons. The zero-order valence-electron chi connectivity index (χ0n) is 5.73. The Balaban J connectivity index is 2.66. The Morgan fingerprint density at radius 2 is 1.55 bits per heavy atom. The van der Waals surface area contributed by atoms with Crippen molar-refractivity contribution in [1.82, 2.24) is 0 Å². The topological polar surface area (TPSA) is 0 Å². The molecule has 0 atom stereocenters. The summed E-state index contributed by atoms with van der Waals surface area (Å²) in [6.07, 6.45) is 0. The van der Waals surface area contributed by atoms with E-state index >= 15 is 0 Å². The van der Waals surface area contributed by atoms with Gasteiger partial charge in [-0.1, -0.05) is 30.3 Å². The molecule has 0 aromatic heterocycles. The van der Waals surface area contributed by atoms with E-state index in [2.05, 4.69) is 0 Å². The zero-order valence-corrected chi connectivity index (χ0v) is 9.41. The van der Waals surface area contributed by atoms with Crippen molar-refractivity contribution in [3.8, 4) is 0 Å². The Hall–Kier alpha value is 0.622. The number of halogens is 3. The SMILES string of the molecule is Cl[C](Cl)(Cl)[AlH][c]1ccccc1. The van der Waals surface area contributed by atoms with E-state index in [1.54, 1.807) is 0 Å². The van der Waals surface area contributed by atoms with Crippen LogP contribution >= 0.6 is 34.8 Å². The average Bonchev–Trinajstić information content (AvgIpc) is 1.85. The van der Waals surface area contributed by atoms with Crippen molar-refractivity contribution in [2.75, 3.05) is 0 Å². The Bertz CT molecular complexity index is 217. The van der Waals surface area contributed by atoms with Crippen molar-refractivity contribution < 1.29 is 0 Å². The molecule has 1 aromatic carbocycles. The predicted molar refractivity (Wildman–Crippen MR) is 53.5 cm³/mol. The lowest BCUT2D eigenvalue weighted by Gasteiger charge is -2.07. The molecule has 0 amide bonds. The monoisotopic (exact) mass is 222 g/mol. The molecule has 0 aliphatic carbocycles. The van der Waals surface area contributed by atoms with Gasteiger partial charge in [-0.3, -0.25) is 0 Å². The van der Waals surface area contributed by atoms with E-state index in [4.69, 9.17) is 34.8 Å². The molecule has 0 saturated heterocycles. The average molecular weight is 223 g/mol. The minimum Gasteiger partial charge on any atom is -0.109 e. The van der Waals surface area contributed by atoms with Gasteiger partial charge in [-0.05, 0) is 0 Å². The van der Waals surface area contributed by atoms with Crippen LogP contribution in [0.1, 0.15) is 0 Å². The van der Waals surface area contributed by atoms with Crippen LogP contribution in [-0.4, -0.2) is 17.9 Å². The van der Waals surface area contributed by atoms with Gasteiger partial charge in [-0.15, -0.1) is 39.2 Å². The highest BCUT2D eigenvalue weighted by Crippen LogP contribution is 2.23. The van der Waals surface area contributed by atoms with Crippen LogP contribution < -0.4 is 4.43 Å². The van der Waals surface area contributed by atoms with Crippen LogP contribution in [0.25, 0.3) is 0 Å². The van der Waals surface area contributed by atoms with Gasteiger partial charge in [0.2, 0.25) is 0 Å². The van der Waals surface area contributed by atoms with Gasteiger partial charge in [0.25, 0.3) is 0 Å². The van der Waals surface area contributed by atoms with Crippen LogP contribution in [0.5, 0.6) is 0 Å². The standard InChI is InChI=1S/C6H5.CCl3.Al.H/c1-2-4-6-5-3-1;2-1(3)4;;/h1-5H;;;. The van der Waals surface area contributed by atoms with E-state index in [9.17, 15) is 0 Å². The van der Waals surface area contributed by atoms with Crippen molar-refractivity contribution >= 4 is 54.4 Å². The first kappa shape index (κ1) is 9.71. The van der Waals surface area contributed by atoms with Gasteiger partial charge in [-0.2, -0.15) is 0 Å². The van der Waals surface area contributed by atoms with Gasteiger partial charge >= 0.3 is 15.2 Å². The van der Waals surface area contributed by atoms with Gasteiger partial charge in [0, 0.05) is 0 Å². The van der Waals surface area contributed by atoms with Crippen molar-refractivity contribution in [2.24, 2.45) is 0 Å². The number of alkyl halides is 3. The molecule has 0 aliphatic rings. The van der Waals surface area contributed by atoms with Crippen LogP contribution in [0.15, 0.2) is 30.3 Å². The Labute approximate surface area is 87.2 Å². The fraction of sp³-hybridized carbons (Fsp3) is 0.143. The number of rotatable bonds is 1. The third-order valence-electron chi connectivity index (χ3n) is 1.25. The molecular formula is C7H6AlCl3. The van der Waals surface area contributed by atoms with Crippen molar-refractivity contribution in [1.29, 1.82) is 0 Å². The van der Waals surface area contributed by atoms with E-state index in [0.29, 0.717) is 0 Å². The van der Waals surface area contributed by atoms with Crippen LogP contribution in [-0.2, 0) is 0 Å². The maximum absolute atomic E-state index is 5.66. The third kappa shape index (κ3) is 4.26. The molecule has 0 heterocycles. The molecule has 0 nitrogen and oxygen atoms in total. The minimum atomic E-state index is -1.04. The highest BCUT2D eigenvalue weighted by molar-refractivity contribution is 6.91. The van der Waals surface area contributed by atoms with Gasteiger partial charge in [-0.25, -0.2) is 0 Å². The molecular weight excluding hydrogens is 217 g/mol. The largest absolute Gasteiger partial charge is 0.360 e. The molecule has 1 aromatic rings. The molecule has 58 valence electrons.